The van der Waals surface area contributed by atoms with Gasteiger partial charge in [0.25, 0.3) is 0 Å². The van der Waals surface area contributed by atoms with Crippen LogP contribution in [0.15, 0.2) is 18.2 Å². The van der Waals surface area contributed by atoms with Gasteiger partial charge in [0.15, 0.2) is 0 Å². The summed E-state index contributed by atoms with van der Waals surface area (Å²) in [5.74, 6) is 0.232. The highest BCUT2D eigenvalue weighted by molar-refractivity contribution is 5.54. The van der Waals surface area contributed by atoms with Gasteiger partial charge in [-0.15, -0.1) is 0 Å². The van der Waals surface area contributed by atoms with E-state index in [0.717, 1.165) is 50.1 Å². The maximum atomic E-state index is 14.4. The fraction of sp³-hybridized carbons (Fsp3) is 0.667. The van der Waals surface area contributed by atoms with Gasteiger partial charge in [-0.05, 0) is 50.8 Å². The molecule has 1 heterocycles. The Bertz CT molecular complexity index is 502. The fourth-order valence-corrected chi connectivity index (χ4v) is 3.92. The van der Waals surface area contributed by atoms with Crippen molar-refractivity contribution in [3.63, 3.8) is 0 Å². The van der Waals surface area contributed by atoms with E-state index >= 15 is 0 Å². The molecule has 0 radical (unpaired) electrons. The van der Waals surface area contributed by atoms with E-state index in [2.05, 4.69) is 9.80 Å². The lowest BCUT2D eigenvalue weighted by atomic mass is 10.0. The highest BCUT2D eigenvalue weighted by Gasteiger charge is 2.27. The van der Waals surface area contributed by atoms with E-state index in [4.69, 9.17) is 0 Å². The lowest BCUT2D eigenvalue weighted by Crippen LogP contribution is -2.30. The van der Waals surface area contributed by atoms with Gasteiger partial charge in [0.05, 0.1) is 6.10 Å². The molecular weight excluding hydrogens is 279 g/mol. The number of aliphatic hydroxyl groups excluding tert-OH is 1. The minimum atomic E-state index is -0.180. The van der Waals surface area contributed by atoms with Gasteiger partial charge in [0.2, 0.25) is 0 Å². The number of nitrogens with zero attached hydrogens (tertiary/aromatic N) is 2. The summed E-state index contributed by atoms with van der Waals surface area (Å²) < 4.78 is 14.4. The molecule has 0 amide bonds. The van der Waals surface area contributed by atoms with Gasteiger partial charge in [0, 0.05) is 37.4 Å². The minimum absolute atomic E-state index is 0.108. The van der Waals surface area contributed by atoms with Crippen molar-refractivity contribution < 1.29 is 9.50 Å². The van der Waals surface area contributed by atoms with Gasteiger partial charge in [0.1, 0.15) is 5.82 Å². The van der Waals surface area contributed by atoms with Crippen molar-refractivity contribution in [1.29, 1.82) is 0 Å². The molecule has 1 aromatic carbocycles. The first-order chi connectivity index (χ1) is 10.6. The Kier molecular flexibility index (Phi) is 4.99. The molecule has 2 atom stereocenters. The summed E-state index contributed by atoms with van der Waals surface area (Å²) in [5, 5.41) is 9.98. The monoisotopic (exact) mass is 306 g/mol. The van der Waals surface area contributed by atoms with Crippen LogP contribution in [0.4, 0.5) is 10.1 Å². The van der Waals surface area contributed by atoms with E-state index in [-0.39, 0.29) is 11.9 Å². The van der Waals surface area contributed by atoms with Crippen LogP contribution in [0.2, 0.25) is 0 Å². The summed E-state index contributed by atoms with van der Waals surface area (Å²) in [6.45, 7) is 3.51. The van der Waals surface area contributed by atoms with E-state index in [9.17, 15) is 9.50 Å². The predicted molar refractivity (Wildman–Crippen MR) is 87.5 cm³/mol. The molecule has 22 heavy (non-hydrogen) atoms. The van der Waals surface area contributed by atoms with Crippen molar-refractivity contribution in [1.82, 2.24) is 4.90 Å². The quantitative estimate of drug-likeness (QED) is 0.906. The zero-order valence-corrected chi connectivity index (χ0v) is 13.5. The molecule has 122 valence electrons. The minimum Gasteiger partial charge on any atom is -0.393 e. The van der Waals surface area contributed by atoms with Crippen LogP contribution in [0.5, 0.6) is 0 Å². The van der Waals surface area contributed by atoms with Gasteiger partial charge in [-0.25, -0.2) is 4.39 Å². The van der Waals surface area contributed by atoms with Crippen LogP contribution in [0, 0.1) is 11.7 Å². The first-order valence-electron chi connectivity index (χ1n) is 8.54. The molecule has 1 saturated carbocycles. The first-order valence-corrected chi connectivity index (χ1v) is 8.54. The van der Waals surface area contributed by atoms with Crippen molar-refractivity contribution >= 4 is 5.69 Å². The average molecular weight is 306 g/mol. The van der Waals surface area contributed by atoms with Crippen LogP contribution < -0.4 is 4.90 Å². The summed E-state index contributed by atoms with van der Waals surface area (Å²) in [7, 11) is 2.03. The maximum Gasteiger partial charge on any atom is 0.129 e. The second-order valence-corrected chi connectivity index (χ2v) is 6.89. The Balaban J connectivity index is 1.70. The number of benzene rings is 1. The lowest BCUT2D eigenvalue weighted by molar-refractivity contribution is 0.107. The summed E-state index contributed by atoms with van der Waals surface area (Å²) in [4.78, 5) is 4.47. The molecule has 1 aromatic rings. The number of hydrogen-bond donors (Lipinski definition) is 1. The zero-order chi connectivity index (χ0) is 15.5. The molecule has 0 spiro atoms. The second kappa shape index (κ2) is 6.97. The van der Waals surface area contributed by atoms with Gasteiger partial charge >= 0.3 is 0 Å². The van der Waals surface area contributed by atoms with Crippen LogP contribution in [0.1, 0.15) is 37.7 Å². The number of anilines is 1. The maximum absolute atomic E-state index is 14.4. The Morgan fingerprint density at radius 1 is 1.23 bits per heavy atom. The van der Waals surface area contributed by atoms with E-state index in [1.807, 2.05) is 19.2 Å². The van der Waals surface area contributed by atoms with Crippen molar-refractivity contribution in [2.45, 2.75) is 44.8 Å². The van der Waals surface area contributed by atoms with Crippen molar-refractivity contribution in [2.24, 2.45) is 5.92 Å². The lowest BCUT2D eigenvalue weighted by Gasteiger charge is -2.27. The molecule has 3 nitrogen and oxygen atoms in total. The van der Waals surface area contributed by atoms with E-state index in [1.54, 1.807) is 6.07 Å². The Hall–Kier alpha value is -1.13. The molecule has 4 heteroatoms. The molecule has 0 aromatic heterocycles. The summed E-state index contributed by atoms with van der Waals surface area (Å²) in [6.07, 6.45) is 5.32. The molecule has 1 aliphatic carbocycles. The van der Waals surface area contributed by atoms with Crippen LogP contribution in [0.3, 0.4) is 0 Å². The van der Waals surface area contributed by atoms with Gasteiger partial charge in [-0.3, -0.25) is 0 Å². The van der Waals surface area contributed by atoms with Crippen LogP contribution in [-0.4, -0.2) is 42.8 Å². The highest BCUT2D eigenvalue weighted by Crippen LogP contribution is 2.29. The van der Waals surface area contributed by atoms with Crippen LogP contribution in [0.25, 0.3) is 0 Å². The predicted octanol–water partition coefficient (Wildman–Crippen LogP) is 3.02. The first kappa shape index (κ1) is 15.8. The summed E-state index contributed by atoms with van der Waals surface area (Å²) in [6, 6.07) is 5.42. The Morgan fingerprint density at radius 3 is 2.68 bits per heavy atom. The van der Waals surface area contributed by atoms with E-state index < -0.39 is 0 Å². The van der Waals surface area contributed by atoms with E-state index in [0.29, 0.717) is 12.5 Å². The van der Waals surface area contributed by atoms with Crippen molar-refractivity contribution in [3.05, 3.63) is 29.6 Å². The third kappa shape index (κ3) is 3.44. The number of aliphatic hydroxyl groups is 1. The van der Waals surface area contributed by atoms with Crippen molar-refractivity contribution in [2.75, 3.05) is 31.6 Å². The van der Waals surface area contributed by atoms with E-state index in [1.165, 1.54) is 12.8 Å². The van der Waals surface area contributed by atoms with Crippen LogP contribution in [-0.2, 0) is 6.54 Å². The second-order valence-electron chi connectivity index (χ2n) is 6.89. The molecule has 1 aliphatic heterocycles. The third-order valence-corrected chi connectivity index (χ3v) is 5.13. The highest BCUT2D eigenvalue weighted by atomic mass is 19.1. The standard InChI is InChI=1S/C18H27FN2O/c1-20(12-14-6-4-9-18(14)22)13-15-16(19)7-5-8-17(15)21-10-2-3-11-21/h5,7-8,14,18,22H,2-4,6,9-13H2,1H3. The molecular formula is C18H27FN2O. The average Bonchev–Trinajstić information content (AvgIpc) is 3.14. The van der Waals surface area contributed by atoms with Crippen molar-refractivity contribution in [3.8, 4) is 0 Å². The number of halogens is 1. The van der Waals surface area contributed by atoms with Gasteiger partial charge < -0.3 is 14.9 Å². The van der Waals surface area contributed by atoms with Gasteiger partial charge in [-0.1, -0.05) is 12.5 Å². The third-order valence-electron chi connectivity index (χ3n) is 5.13. The molecule has 2 unspecified atom stereocenters. The largest absolute Gasteiger partial charge is 0.393 e. The number of hydrogen-bond acceptors (Lipinski definition) is 3. The Morgan fingerprint density at radius 2 is 2.00 bits per heavy atom. The normalized spacial score (nSPS) is 25.4. The Labute approximate surface area is 132 Å². The summed E-state index contributed by atoms with van der Waals surface area (Å²) in [5.41, 5.74) is 1.86. The fourth-order valence-electron chi connectivity index (χ4n) is 3.92. The molecule has 2 fully saturated rings. The van der Waals surface area contributed by atoms with Gasteiger partial charge in [-0.2, -0.15) is 0 Å². The summed E-state index contributed by atoms with van der Waals surface area (Å²) >= 11 is 0. The molecule has 0 bridgehead atoms. The number of rotatable bonds is 5. The van der Waals surface area contributed by atoms with Crippen LogP contribution >= 0.6 is 0 Å². The SMILES string of the molecule is CN(Cc1c(F)cccc1N1CCCC1)CC1CCCC1O. The topological polar surface area (TPSA) is 26.7 Å². The molecule has 2 aliphatic rings. The molecule has 1 saturated heterocycles. The molecule has 1 N–H and O–H groups in total. The zero-order valence-electron chi connectivity index (χ0n) is 13.5. The smallest absolute Gasteiger partial charge is 0.129 e. The molecule has 3 rings (SSSR count).